The van der Waals surface area contributed by atoms with Crippen LogP contribution >= 0.6 is 0 Å². The van der Waals surface area contributed by atoms with Crippen LogP contribution in [0.1, 0.15) is 33.3 Å². The molecule has 0 saturated heterocycles. The van der Waals surface area contributed by atoms with Crippen LogP contribution in [0.4, 0.5) is 0 Å². The van der Waals surface area contributed by atoms with Crippen molar-refractivity contribution < 1.29 is 30.3 Å². The molecule has 0 aliphatic rings. The monoisotopic (exact) mass is 388 g/mol. The van der Waals surface area contributed by atoms with Crippen LogP contribution in [0.5, 0.6) is 0 Å². The Labute approximate surface area is 158 Å². The molecule has 0 unspecified atom stereocenters. The predicted octanol–water partition coefficient (Wildman–Crippen LogP) is 4.80. The predicted molar refractivity (Wildman–Crippen MR) is 98.4 cm³/mol. The molecule has 24 heavy (non-hydrogen) atoms. The summed E-state index contributed by atoms with van der Waals surface area (Å²) in [5.74, 6) is 0. The normalized spacial score (nSPS) is 11.4. The van der Waals surface area contributed by atoms with Crippen molar-refractivity contribution >= 4 is 14.0 Å². The van der Waals surface area contributed by atoms with Crippen molar-refractivity contribution in [2.24, 2.45) is 0 Å². The average Bonchev–Trinajstić information content (AvgIpc) is 3.25. The van der Waals surface area contributed by atoms with Gasteiger partial charge in [-0.05, 0) is 20.8 Å². The minimum absolute atomic E-state index is 0. The Bertz CT molecular complexity index is 487. The molecule has 0 heterocycles. The maximum atomic E-state index is 5.91. The molecule has 0 amide bonds. The van der Waals surface area contributed by atoms with Gasteiger partial charge >= 0.3 is 25.9 Å². The van der Waals surface area contributed by atoms with Crippen molar-refractivity contribution in [2.45, 2.75) is 27.7 Å². The van der Waals surface area contributed by atoms with Gasteiger partial charge in [0.15, 0.2) is 0 Å². The topological polar surface area (TPSA) is 27.7 Å². The molecule has 2 aromatic rings. The number of hydrogen-bond acceptors (Lipinski definition) is 3. The van der Waals surface area contributed by atoms with Crippen LogP contribution in [-0.4, -0.2) is 28.6 Å². The zero-order chi connectivity index (χ0) is 17.0. The number of rotatable bonds is 8. The Morgan fingerprint density at radius 2 is 1.38 bits per heavy atom. The molecular weight excluding hydrogens is 360 g/mol. The van der Waals surface area contributed by atoms with Gasteiger partial charge in [0.05, 0.1) is 0 Å². The van der Waals surface area contributed by atoms with Crippen LogP contribution in [0.3, 0.4) is 0 Å². The van der Waals surface area contributed by atoms with Crippen LogP contribution in [0.15, 0.2) is 60.7 Å². The van der Waals surface area contributed by atoms with Crippen molar-refractivity contribution in [1.82, 2.24) is 0 Å². The smallest absolute Gasteiger partial charge is 0.371 e. The van der Waals surface area contributed by atoms with Crippen molar-refractivity contribution in [2.75, 3.05) is 19.8 Å². The van der Waals surface area contributed by atoms with Gasteiger partial charge in [0.1, 0.15) is 0 Å². The maximum Gasteiger partial charge on any atom is 2.00 e. The summed E-state index contributed by atoms with van der Waals surface area (Å²) in [5, 5.41) is 1.05. The third kappa shape index (κ3) is 6.89. The summed E-state index contributed by atoms with van der Waals surface area (Å²) >= 11 is 0. The molecule has 0 fully saturated rings. The van der Waals surface area contributed by atoms with E-state index in [0.29, 0.717) is 19.8 Å². The third-order valence-corrected chi connectivity index (χ3v) is 6.39. The molecule has 0 atom stereocenters. The molecule has 0 N–H and O–H groups in total. The minimum atomic E-state index is -2.77. The average molecular weight is 388 g/mol. The van der Waals surface area contributed by atoms with Crippen LogP contribution in [0.2, 0.25) is 0 Å². The summed E-state index contributed by atoms with van der Waals surface area (Å²) in [6, 6.07) is 18.2. The Kier molecular flexibility index (Phi) is 12.8. The molecule has 134 valence electrons. The minimum Gasteiger partial charge on any atom is -0.371 e. The van der Waals surface area contributed by atoms with E-state index < -0.39 is 8.80 Å². The zero-order valence-electron chi connectivity index (χ0n) is 15.0. The Balaban J connectivity index is 0.000000751. The van der Waals surface area contributed by atoms with Gasteiger partial charge in [0.2, 0.25) is 0 Å². The van der Waals surface area contributed by atoms with E-state index >= 15 is 0 Å². The second kappa shape index (κ2) is 13.4. The van der Waals surface area contributed by atoms with E-state index in [-0.39, 0.29) is 17.1 Å². The van der Waals surface area contributed by atoms with Gasteiger partial charge in [-0.1, -0.05) is 12.1 Å². The molecular formula is C19H28FeO3Si. The fourth-order valence-corrected chi connectivity index (χ4v) is 5.05. The van der Waals surface area contributed by atoms with E-state index in [4.69, 9.17) is 13.3 Å². The van der Waals surface area contributed by atoms with E-state index in [0.717, 1.165) is 10.8 Å². The molecule has 0 radical (unpaired) electrons. The van der Waals surface area contributed by atoms with Crippen molar-refractivity contribution in [3.63, 3.8) is 0 Å². The first-order valence-corrected chi connectivity index (χ1v) is 9.93. The van der Waals surface area contributed by atoms with Gasteiger partial charge in [-0.25, -0.2) is 12.1 Å². The summed E-state index contributed by atoms with van der Waals surface area (Å²) in [4.78, 5) is 0. The summed E-state index contributed by atoms with van der Waals surface area (Å²) in [6.07, 6.45) is 2.04. The van der Waals surface area contributed by atoms with Crippen molar-refractivity contribution in [3.8, 4) is 0 Å². The summed E-state index contributed by atoms with van der Waals surface area (Å²) in [6.45, 7) is 9.67. The Hall–Kier alpha value is -0.944. The largest absolute Gasteiger partial charge is 2.00 e. The molecule has 0 bridgehead atoms. The van der Waals surface area contributed by atoms with Gasteiger partial charge in [-0.15, -0.1) is 17.7 Å². The first kappa shape index (κ1) is 23.1. The van der Waals surface area contributed by atoms with Crippen molar-refractivity contribution in [1.29, 1.82) is 0 Å². The second-order valence-corrected chi connectivity index (χ2v) is 7.21. The fraction of sp³-hybridized carbons (Fsp3) is 0.368. The second-order valence-electron chi connectivity index (χ2n) is 4.69. The van der Waals surface area contributed by atoms with Crippen LogP contribution < -0.4 is 0 Å². The van der Waals surface area contributed by atoms with E-state index in [1.807, 2.05) is 76.2 Å². The molecule has 0 saturated carbocycles. The SMILES string of the molecule is C/C=C(\[c-]1cccc1)[Si](OCC)(OCC)OCC.[Fe+2].c1cc[cH-]c1. The molecule has 5 heteroatoms. The molecule has 2 aromatic carbocycles. The van der Waals surface area contributed by atoms with Gasteiger partial charge in [-0.3, -0.25) is 0 Å². The van der Waals surface area contributed by atoms with Crippen molar-refractivity contribution in [3.05, 3.63) is 66.2 Å². The quantitative estimate of drug-likeness (QED) is 0.480. The van der Waals surface area contributed by atoms with Gasteiger partial charge in [0.25, 0.3) is 0 Å². The molecule has 0 aliphatic heterocycles. The summed E-state index contributed by atoms with van der Waals surface area (Å²) < 4.78 is 17.7. The van der Waals surface area contributed by atoms with E-state index in [9.17, 15) is 0 Å². The zero-order valence-corrected chi connectivity index (χ0v) is 17.1. The maximum absolute atomic E-state index is 5.91. The number of allylic oxidation sites excluding steroid dienone is 1. The van der Waals surface area contributed by atoms with Gasteiger partial charge in [-0.2, -0.15) is 36.4 Å². The van der Waals surface area contributed by atoms with Crippen LogP contribution in [0.25, 0.3) is 5.20 Å². The van der Waals surface area contributed by atoms with E-state index in [1.165, 1.54) is 0 Å². The standard InChI is InChI=1S/C14H23O3Si.C5H5.Fe/c1-5-14(13-11-9-10-12-13)18(15-6-2,16-7-3)17-8-4;1-2-4-5-3-1;/h5,9-12H,6-8H2,1-4H3;1-5H;/q2*-1;+2/b14-5+;;. The summed E-state index contributed by atoms with van der Waals surface area (Å²) in [5.41, 5.74) is 1.12. The Morgan fingerprint density at radius 1 is 0.917 bits per heavy atom. The third-order valence-electron chi connectivity index (χ3n) is 3.15. The molecule has 3 nitrogen and oxygen atoms in total. The first-order chi connectivity index (χ1) is 11.2. The fourth-order valence-electron chi connectivity index (χ4n) is 2.32. The molecule has 0 aromatic heterocycles. The summed E-state index contributed by atoms with van der Waals surface area (Å²) in [7, 11) is -2.77. The molecule has 0 aliphatic carbocycles. The number of hydrogen-bond donors (Lipinski definition) is 0. The molecule has 2 rings (SSSR count). The van der Waals surface area contributed by atoms with E-state index in [2.05, 4.69) is 12.1 Å². The van der Waals surface area contributed by atoms with E-state index in [1.54, 1.807) is 0 Å². The first-order valence-electron chi connectivity index (χ1n) is 8.21. The van der Waals surface area contributed by atoms with Gasteiger partial charge < -0.3 is 13.3 Å². The Morgan fingerprint density at radius 3 is 1.67 bits per heavy atom. The van der Waals surface area contributed by atoms with Crippen LogP contribution in [0, 0.1) is 0 Å². The van der Waals surface area contributed by atoms with Crippen LogP contribution in [-0.2, 0) is 30.3 Å². The molecule has 0 spiro atoms. The van der Waals surface area contributed by atoms with Gasteiger partial charge in [0, 0.05) is 19.8 Å².